The van der Waals surface area contributed by atoms with Crippen molar-refractivity contribution >= 4 is 11.6 Å². The third kappa shape index (κ3) is 5.70. The SMILES string of the molecule is CC(C)(C)NCC(O)COc1cc(F)ccc1-c1ccc(Cl)nn1. The van der Waals surface area contributed by atoms with E-state index in [1.54, 1.807) is 18.2 Å². The lowest BCUT2D eigenvalue weighted by Crippen LogP contribution is -2.42. The Balaban J connectivity index is 2.09. The van der Waals surface area contributed by atoms with Crippen molar-refractivity contribution in [1.82, 2.24) is 15.5 Å². The smallest absolute Gasteiger partial charge is 0.151 e. The molecule has 1 aromatic carbocycles. The Morgan fingerprint density at radius 2 is 2.00 bits per heavy atom. The summed E-state index contributed by atoms with van der Waals surface area (Å²) in [5.41, 5.74) is 0.984. The van der Waals surface area contributed by atoms with Gasteiger partial charge in [-0.1, -0.05) is 11.6 Å². The van der Waals surface area contributed by atoms with Crippen LogP contribution in [0.4, 0.5) is 4.39 Å². The van der Waals surface area contributed by atoms with E-state index in [9.17, 15) is 9.50 Å². The minimum absolute atomic E-state index is 0.0283. The molecular formula is C17H21ClFN3O2. The molecule has 2 aromatic rings. The lowest BCUT2D eigenvalue weighted by molar-refractivity contribution is 0.100. The molecular weight excluding hydrogens is 333 g/mol. The van der Waals surface area contributed by atoms with Gasteiger partial charge in [0, 0.05) is 23.7 Å². The zero-order chi connectivity index (χ0) is 17.7. The van der Waals surface area contributed by atoms with Crippen LogP contribution in [0.1, 0.15) is 20.8 Å². The van der Waals surface area contributed by atoms with E-state index in [0.29, 0.717) is 23.6 Å². The first kappa shape index (κ1) is 18.6. The van der Waals surface area contributed by atoms with E-state index in [1.165, 1.54) is 12.1 Å². The molecule has 5 nitrogen and oxygen atoms in total. The Morgan fingerprint density at radius 3 is 2.62 bits per heavy atom. The van der Waals surface area contributed by atoms with Gasteiger partial charge in [-0.25, -0.2) is 4.39 Å². The minimum Gasteiger partial charge on any atom is -0.490 e. The van der Waals surface area contributed by atoms with Crippen molar-refractivity contribution in [3.63, 3.8) is 0 Å². The number of benzene rings is 1. The van der Waals surface area contributed by atoms with E-state index in [-0.39, 0.29) is 17.3 Å². The molecule has 1 atom stereocenters. The van der Waals surface area contributed by atoms with Gasteiger partial charge in [-0.3, -0.25) is 0 Å². The van der Waals surface area contributed by atoms with E-state index in [0.717, 1.165) is 0 Å². The number of hydrogen-bond acceptors (Lipinski definition) is 5. The summed E-state index contributed by atoms with van der Waals surface area (Å²) in [6.07, 6.45) is -0.725. The predicted molar refractivity (Wildman–Crippen MR) is 91.7 cm³/mol. The van der Waals surface area contributed by atoms with Gasteiger partial charge in [0.15, 0.2) is 5.15 Å². The number of aliphatic hydroxyl groups excluding tert-OH is 1. The molecule has 130 valence electrons. The van der Waals surface area contributed by atoms with Crippen molar-refractivity contribution in [1.29, 1.82) is 0 Å². The summed E-state index contributed by atoms with van der Waals surface area (Å²) in [7, 11) is 0. The van der Waals surface area contributed by atoms with E-state index in [2.05, 4.69) is 15.5 Å². The highest BCUT2D eigenvalue weighted by molar-refractivity contribution is 6.29. The Bertz CT molecular complexity index is 675. The van der Waals surface area contributed by atoms with Crippen LogP contribution in [0.3, 0.4) is 0 Å². The number of hydrogen-bond donors (Lipinski definition) is 2. The molecule has 0 radical (unpaired) electrons. The summed E-state index contributed by atoms with van der Waals surface area (Å²) in [5.74, 6) is -0.139. The van der Waals surface area contributed by atoms with Crippen LogP contribution in [-0.2, 0) is 0 Å². The molecule has 1 unspecified atom stereocenters. The van der Waals surface area contributed by atoms with Crippen LogP contribution in [0.25, 0.3) is 11.3 Å². The van der Waals surface area contributed by atoms with Gasteiger partial charge in [-0.15, -0.1) is 10.2 Å². The van der Waals surface area contributed by atoms with Crippen molar-refractivity contribution in [2.24, 2.45) is 0 Å². The van der Waals surface area contributed by atoms with Crippen molar-refractivity contribution in [3.05, 3.63) is 41.3 Å². The van der Waals surface area contributed by atoms with Gasteiger partial charge in [-0.05, 0) is 45.0 Å². The van der Waals surface area contributed by atoms with Crippen LogP contribution >= 0.6 is 11.6 Å². The van der Waals surface area contributed by atoms with Crippen molar-refractivity contribution in [2.45, 2.75) is 32.4 Å². The molecule has 0 aliphatic heterocycles. The number of halogens is 2. The van der Waals surface area contributed by atoms with E-state index >= 15 is 0 Å². The quantitative estimate of drug-likeness (QED) is 0.835. The van der Waals surface area contributed by atoms with E-state index in [1.807, 2.05) is 20.8 Å². The summed E-state index contributed by atoms with van der Waals surface area (Å²) in [4.78, 5) is 0. The van der Waals surface area contributed by atoms with Gasteiger partial charge < -0.3 is 15.2 Å². The van der Waals surface area contributed by atoms with Crippen LogP contribution in [0.15, 0.2) is 30.3 Å². The third-order valence-electron chi connectivity index (χ3n) is 3.15. The standard InChI is InChI=1S/C17H21ClFN3O2/c1-17(2,3)20-9-12(23)10-24-15-8-11(19)4-5-13(15)14-6-7-16(18)22-21-14/h4-8,12,20,23H,9-10H2,1-3H3. The fourth-order valence-electron chi connectivity index (χ4n) is 1.96. The molecule has 0 fully saturated rings. The molecule has 2 N–H and O–H groups in total. The molecule has 0 aliphatic rings. The van der Waals surface area contributed by atoms with E-state index < -0.39 is 11.9 Å². The van der Waals surface area contributed by atoms with Gasteiger partial charge in [0.05, 0.1) is 5.69 Å². The molecule has 2 rings (SSSR count). The molecule has 7 heteroatoms. The zero-order valence-corrected chi connectivity index (χ0v) is 14.6. The largest absolute Gasteiger partial charge is 0.490 e. The highest BCUT2D eigenvalue weighted by Gasteiger charge is 2.15. The fourth-order valence-corrected chi connectivity index (χ4v) is 2.06. The number of aliphatic hydroxyl groups is 1. The predicted octanol–water partition coefficient (Wildman–Crippen LogP) is 3.06. The molecule has 0 bridgehead atoms. The number of nitrogens with zero attached hydrogens (tertiary/aromatic N) is 2. The molecule has 0 saturated heterocycles. The summed E-state index contributed by atoms with van der Waals surface area (Å²) >= 11 is 5.73. The van der Waals surface area contributed by atoms with Crippen LogP contribution in [-0.4, -0.2) is 40.1 Å². The normalized spacial score (nSPS) is 12.9. The maximum Gasteiger partial charge on any atom is 0.151 e. The topological polar surface area (TPSA) is 67.3 Å². The molecule has 24 heavy (non-hydrogen) atoms. The van der Waals surface area contributed by atoms with Crippen molar-refractivity contribution in [2.75, 3.05) is 13.2 Å². The number of nitrogens with one attached hydrogen (secondary N) is 1. The number of β-amino-alcohol motifs (C(OH)–C–C–N with tert-alkyl or cyclic N) is 1. The average Bonchev–Trinajstić information content (AvgIpc) is 2.51. The van der Waals surface area contributed by atoms with Gasteiger partial charge in [0.1, 0.15) is 24.3 Å². The van der Waals surface area contributed by atoms with Crippen molar-refractivity contribution in [3.8, 4) is 17.0 Å². The van der Waals surface area contributed by atoms with Crippen LogP contribution < -0.4 is 10.1 Å². The summed E-state index contributed by atoms with van der Waals surface area (Å²) < 4.78 is 19.1. The lowest BCUT2D eigenvalue weighted by Gasteiger charge is -2.23. The molecule has 0 aliphatic carbocycles. The third-order valence-corrected chi connectivity index (χ3v) is 3.35. The van der Waals surface area contributed by atoms with Gasteiger partial charge >= 0.3 is 0 Å². The van der Waals surface area contributed by atoms with Crippen molar-refractivity contribution < 1.29 is 14.2 Å². The fraction of sp³-hybridized carbons (Fsp3) is 0.412. The Hall–Kier alpha value is -1.76. The molecule has 1 heterocycles. The van der Waals surface area contributed by atoms with Crippen LogP contribution in [0.5, 0.6) is 5.75 Å². The number of aromatic nitrogens is 2. The molecule has 0 saturated carbocycles. The maximum atomic E-state index is 13.5. The molecule has 0 amide bonds. The molecule has 0 spiro atoms. The van der Waals surface area contributed by atoms with E-state index in [4.69, 9.17) is 16.3 Å². The first-order valence-corrected chi connectivity index (χ1v) is 7.97. The summed E-state index contributed by atoms with van der Waals surface area (Å²) in [6, 6.07) is 7.40. The minimum atomic E-state index is -0.725. The van der Waals surface area contributed by atoms with Crippen LogP contribution in [0, 0.1) is 5.82 Å². The molecule has 1 aromatic heterocycles. The van der Waals surface area contributed by atoms with Gasteiger partial charge in [-0.2, -0.15) is 0 Å². The summed E-state index contributed by atoms with van der Waals surface area (Å²) in [6.45, 7) is 6.41. The Kier molecular flexibility index (Phi) is 6.10. The van der Waals surface area contributed by atoms with Gasteiger partial charge in [0.25, 0.3) is 0 Å². The second-order valence-electron chi connectivity index (χ2n) is 6.48. The lowest BCUT2D eigenvalue weighted by atomic mass is 10.1. The first-order valence-electron chi connectivity index (χ1n) is 7.59. The van der Waals surface area contributed by atoms with Crippen LogP contribution in [0.2, 0.25) is 5.15 Å². The average molecular weight is 354 g/mol. The zero-order valence-electron chi connectivity index (χ0n) is 13.9. The summed E-state index contributed by atoms with van der Waals surface area (Å²) in [5, 5.41) is 21.2. The second-order valence-corrected chi connectivity index (χ2v) is 6.86. The first-order chi connectivity index (χ1) is 11.2. The van der Waals surface area contributed by atoms with Gasteiger partial charge in [0.2, 0.25) is 0 Å². The highest BCUT2D eigenvalue weighted by Crippen LogP contribution is 2.29. The Labute approximate surface area is 145 Å². The Morgan fingerprint density at radius 1 is 1.25 bits per heavy atom. The number of ether oxygens (including phenoxy) is 1. The number of rotatable bonds is 6. The highest BCUT2D eigenvalue weighted by atomic mass is 35.5. The monoisotopic (exact) mass is 353 g/mol. The second kappa shape index (κ2) is 7.88. The maximum absolute atomic E-state index is 13.5.